The van der Waals surface area contributed by atoms with Gasteiger partial charge in [0.1, 0.15) is 5.75 Å². The lowest BCUT2D eigenvalue weighted by Gasteiger charge is -2.29. The Hall–Kier alpha value is -0.853. The van der Waals surface area contributed by atoms with Crippen molar-refractivity contribution in [2.75, 3.05) is 6.26 Å². The van der Waals surface area contributed by atoms with Gasteiger partial charge in [0.05, 0.1) is 12.4 Å². The smallest absolute Gasteiger partial charge is 0.306 e. The zero-order valence-corrected chi connectivity index (χ0v) is 14.8. The lowest BCUT2D eigenvalue weighted by Crippen LogP contribution is -2.30. The van der Waals surface area contributed by atoms with Gasteiger partial charge < -0.3 is 8.61 Å². The Balaban J connectivity index is 2.94. The Morgan fingerprint density at radius 3 is 1.90 bits per heavy atom. The molecule has 0 aliphatic heterocycles. The van der Waals surface area contributed by atoms with E-state index in [4.69, 9.17) is 8.61 Å². The van der Waals surface area contributed by atoms with Gasteiger partial charge in [-0.3, -0.25) is 0 Å². The molecule has 0 aromatic heterocycles. The Kier molecular flexibility index (Phi) is 5.40. The molecule has 0 saturated heterocycles. The van der Waals surface area contributed by atoms with Crippen LogP contribution in [0.25, 0.3) is 0 Å². The fraction of sp³-hybridized carbons (Fsp3) is 0.571. The maximum absolute atomic E-state index is 11.1. The first kappa shape index (κ1) is 17.2. The van der Waals surface area contributed by atoms with Gasteiger partial charge in [-0.25, -0.2) is 0 Å². The Labute approximate surface area is 123 Å². The molecule has 0 N–H and O–H groups in total. The Morgan fingerprint density at radius 1 is 1.05 bits per heavy atom. The summed E-state index contributed by atoms with van der Waals surface area (Å²) in [5.74, 6) is 0.676. The molecule has 1 aromatic rings. The van der Waals surface area contributed by atoms with Crippen molar-refractivity contribution >= 4 is 18.4 Å². The summed E-state index contributed by atoms with van der Waals surface area (Å²) in [6.07, 6.45) is 1.06. The molecule has 0 fully saturated rings. The third kappa shape index (κ3) is 6.07. The van der Waals surface area contributed by atoms with Crippen molar-refractivity contribution in [3.05, 3.63) is 29.8 Å². The highest BCUT2D eigenvalue weighted by molar-refractivity contribution is 7.86. The predicted octanol–water partition coefficient (Wildman–Crippen LogP) is 3.57. The summed E-state index contributed by atoms with van der Waals surface area (Å²) in [5.41, 5.74) is 1.04. The first-order valence-corrected chi connectivity index (χ1v) is 11.9. The lowest BCUT2D eigenvalue weighted by atomic mass is 9.99. The van der Waals surface area contributed by atoms with Gasteiger partial charge in [0.25, 0.3) is 0 Å². The van der Waals surface area contributed by atoms with Crippen LogP contribution in [0.3, 0.4) is 0 Å². The van der Waals surface area contributed by atoms with E-state index in [9.17, 15) is 8.42 Å². The van der Waals surface area contributed by atoms with Crippen LogP contribution in [0.5, 0.6) is 5.75 Å². The van der Waals surface area contributed by atoms with Crippen LogP contribution in [0.4, 0.5) is 0 Å². The number of rotatable bonds is 6. The number of hydrogen-bond donors (Lipinski definition) is 0. The molecule has 0 heterocycles. The van der Waals surface area contributed by atoms with Crippen LogP contribution in [0.1, 0.15) is 25.5 Å². The molecule has 1 aromatic carbocycles. The minimum absolute atomic E-state index is 0.0222. The highest BCUT2D eigenvalue weighted by atomic mass is 32.2. The first-order chi connectivity index (χ1) is 8.98. The third-order valence-corrected chi connectivity index (χ3v) is 4.00. The van der Waals surface area contributed by atoms with E-state index in [1.807, 2.05) is 12.1 Å². The van der Waals surface area contributed by atoms with Gasteiger partial charge in [-0.05, 0) is 43.3 Å². The minimum Gasteiger partial charge on any atom is -0.410 e. The Bertz CT molecular complexity index is 529. The molecule has 20 heavy (non-hydrogen) atoms. The number of hydrogen-bond acceptors (Lipinski definition) is 4. The van der Waals surface area contributed by atoms with E-state index in [2.05, 4.69) is 33.5 Å². The predicted molar refractivity (Wildman–Crippen MR) is 83.9 cm³/mol. The van der Waals surface area contributed by atoms with E-state index < -0.39 is 18.4 Å². The van der Waals surface area contributed by atoms with E-state index in [0.717, 1.165) is 11.8 Å². The summed E-state index contributed by atoms with van der Waals surface area (Å²) in [6, 6.07) is 7.06. The van der Waals surface area contributed by atoms with Crippen LogP contribution in [-0.4, -0.2) is 23.0 Å². The fourth-order valence-electron chi connectivity index (χ4n) is 1.86. The average Bonchev–Trinajstić information content (AvgIpc) is 2.23. The van der Waals surface area contributed by atoms with E-state index in [0.29, 0.717) is 11.7 Å². The highest BCUT2D eigenvalue weighted by Crippen LogP contribution is 2.30. The second kappa shape index (κ2) is 6.28. The van der Waals surface area contributed by atoms with Crippen LogP contribution >= 0.6 is 0 Å². The molecule has 0 amide bonds. The van der Waals surface area contributed by atoms with Gasteiger partial charge >= 0.3 is 10.1 Å². The number of benzene rings is 1. The second-order valence-electron chi connectivity index (χ2n) is 6.25. The summed E-state index contributed by atoms with van der Waals surface area (Å²) in [7, 11) is -5.12. The monoisotopic (exact) mass is 316 g/mol. The third-order valence-electron chi connectivity index (χ3n) is 2.54. The summed E-state index contributed by atoms with van der Waals surface area (Å²) in [6.45, 7) is 10.7. The molecule has 0 spiro atoms. The van der Waals surface area contributed by atoms with Crippen LogP contribution in [0, 0.1) is 5.92 Å². The molecule has 6 heteroatoms. The molecule has 0 radical (unpaired) electrons. The van der Waals surface area contributed by atoms with Gasteiger partial charge in [0.15, 0.2) is 8.32 Å². The molecular formula is C14H24O4SSi. The Morgan fingerprint density at radius 2 is 1.55 bits per heavy atom. The summed E-state index contributed by atoms with van der Waals surface area (Å²) in [5, 5.41) is 0. The normalized spacial score (nSPS) is 14.3. The van der Waals surface area contributed by atoms with E-state index in [1.165, 1.54) is 0 Å². The van der Waals surface area contributed by atoms with Gasteiger partial charge in [-0.2, -0.15) is 8.42 Å². The maximum atomic E-state index is 11.1. The van der Waals surface area contributed by atoms with Crippen LogP contribution in [0.2, 0.25) is 19.6 Å². The van der Waals surface area contributed by atoms with E-state index in [-0.39, 0.29) is 6.10 Å². The molecule has 1 rings (SSSR count). The van der Waals surface area contributed by atoms with Crippen molar-refractivity contribution in [3.63, 3.8) is 0 Å². The largest absolute Gasteiger partial charge is 0.410 e. The standard InChI is InChI=1S/C14H24O4SSi/c1-11(2)14(18-20(4,5)6)12-7-9-13(10-8-12)17-19(3,15)16/h7-11,14H,1-6H3. The lowest BCUT2D eigenvalue weighted by molar-refractivity contribution is 0.146. The van der Waals surface area contributed by atoms with Gasteiger partial charge in [0.2, 0.25) is 0 Å². The van der Waals surface area contributed by atoms with Crippen molar-refractivity contribution < 1.29 is 17.0 Å². The molecule has 1 atom stereocenters. The second-order valence-corrected chi connectivity index (χ2v) is 12.3. The highest BCUT2D eigenvalue weighted by Gasteiger charge is 2.24. The fourth-order valence-corrected chi connectivity index (χ4v) is 3.49. The van der Waals surface area contributed by atoms with Crippen molar-refractivity contribution in [2.24, 2.45) is 5.92 Å². The average molecular weight is 316 g/mol. The molecule has 114 valence electrons. The van der Waals surface area contributed by atoms with Crippen molar-refractivity contribution in [2.45, 2.75) is 39.6 Å². The summed E-state index contributed by atoms with van der Waals surface area (Å²) in [4.78, 5) is 0. The summed E-state index contributed by atoms with van der Waals surface area (Å²) < 4.78 is 33.2. The molecule has 0 aliphatic carbocycles. The maximum Gasteiger partial charge on any atom is 0.306 e. The molecular weight excluding hydrogens is 292 g/mol. The zero-order valence-electron chi connectivity index (χ0n) is 13.0. The summed E-state index contributed by atoms with van der Waals surface area (Å²) >= 11 is 0. The van der Waals surface area contributed by atoms with Crippen LogP contribution in [0.15, 0.2) is 24.3 Å². The molecule has 0 saturated carbocycles. The van der Waals surface area contributed by atoms with Crippen LogP contribution < -0.4 is 4.18 Å². The van der Waals surface area contributed by atoms with Crippen LogP contribution in [-0.2, 0) is 14.5 Å². The molecule has 1 unspecified atom stereocenters. The van der Waals surface area contributed by atoms with Crippen molar-refractivity contribution in [3.8, 4) is 5.75 Å². The van der Waals surface area contributed by atoms with Gasteiger partial charge in [-0.15, -0.1) is 0 Å². The van der Waals surface area contributed by atoms with Gasteiger partial charge in [-0.1, -0.05) is 26.0 Å². The van der Waals surface area contributed by atoms with E-state index in [1.54, 1.807) is 12.1 Å². The topological polar surface area (TPSA) is 52.6 Å². The molecule has 0 bridgehead atoms. The first-order valence-electron chi connectivity index (χ1n) is 6.65. The quantitative estimate of drug-likeness (QED) is 0.594. The zero-order chi connectivity index (χ0) is 15.6. The van der Waals surface area contributed by atoms with E-state index >= 15 is 0 Å². The van der Waals surface area contributed by atoms with Crippen molar-refractivity contribution in [1.82, 2.24) is 0 Å². The molecule has 4 nitrogen and oxygen atoms in total. The van der Waals surface area contributed by atoms with Crippen molar-refractivity contribution in [1.29, 1.82) is 0 Å². The minimum atomic E-state index is -3.48. The van der Waals surface area contributed by atoms with Gasteiger partial charge in [0, 0.05) is 0 Å². The SMILES string of the molecule is CC(C)C(O[Si](C)(C)C)c1ccc(OS(C)(=O)=O)cc1. The molecule has 0 aliphatic rings.